The molecule has 3 heterocycles. The van der Waals surface area contributed by atoms with E-state index in [1.165, 1.54) is 4.88 Å². The van der Waals surface area contributed by atoms with Crippen molar-refractivity contribution in [2.45, 2.75) is 26.3 Å². The molecule has 0 aliphatic carbocycles. The van der Waals surface area contributed by atoms with E-state index in [0.717, 1.165) is 28.8 Å². The van der Waals surface area contributed by atoms with Crippen molar-refractivity contribution in [2.24, 2.45) is 0 Å². The number of hydrogen-bond acceptors (Lipinski definition) is 7. The summed E-state index contributed by atoms with van der Waals surface area (Å²) in [7, 11) is 2.09. The van der Waals surface area contributed by atoms with E-state index in [9.17, 15) is 0 Å². The van der Waals surface area contributed by atoms with E-state index in [1.54, 1.807) is 22.7 Å². The molecule has 2 aromatic heterocycles. The lowest BCUT2D eigenvalue weighted by Crippen LogP contribution is -2.16. The third-order valence-electron chi connectivity index (χ3n) is 2.92. The Morgan fingerprint density at radius 2 is 2.15 bits per heavy atom. The highest BCUT2D eigenvalue weighted by Crippen LogP contribution is 2.27. The van der Waals surface area contributed by atoms with Gasteiger partial charge in [0.05, 0.1) is 23.9 Å². The number of thiazole rings is 2. The minimum atomic E-state index is -0.264. The molecule has 0 saturated carbocycles. The summed E-state index contributed by atoms with van der Waals surface area (Å²) in [6, 6.07) is 0. The lowest BCUT2D eigenvalue weighted by Gasteiger charge is -2.13. The van der Waals surface area contributed by atoms with Crippen LogP contribution < -0.4 is 0 Å². The topological polar surface area (TPSA) is 47.5 Å². The van der Waals surface area contributed by atoms with Crippen LogP contribution >= 0.6 is 22.7 Å². The molecule has 0 N–H and O–H groups in total. The van der Waals surface area contributed by atoms with Gasteiger partial charge in [0.1, 0.15) is 5.01 Å². The summed E-state index contributed by atoms with van der Waals surface area (Å²) < 4.78 is 10.9. The first kappa shape index (κ1) is 14.1. The van der Waals surface area contributed by atoms with Gasteiger partial charge in [0, 0.05) is 29.5 Å². The first-order valence-corrected chi connectivity index (χ1v) is 8.17. The average Bonchev–Trinajstić information content (AvgIpc) is 3.10. The van der Waals surface area contributed by atoms with Gasteiger partial charge in [-0.1, -0.05) is 0 Å². The van der Waals surface area contributed by atoms with Gasteiger partial charge >= 0.3 is 0 Å². The lowest BCUT2D eigenvalue weighted by atomic mass is 10.4. The fraction of sp³-hybridized carbons (Fsp3) is 0.538. The molecule has 0 spiro atoms. The monoisotopic (exact) mass is 311 g/mol. The van der Waals surface area contributed by atoms with Crippen molar-refractivity contribution < 1.29 is 9.47 Å². The van der Waals surface area contributed by atoms with Gasteiger partial charge in [0.25, 0.3) is 0 Å². The Bertz CT molecular complexity index is 563. The van der Waals surface area contributed by atoms with Gasteiger partial charge in [-0.05, 0) is 14.0 Å². The molecule has 0 aromatic carbocycles. The van der Waals surface area contributed by atoms with Gasteiger partial charge in [-0.3, -0.25) is 4.90 Å². The Hall–Kier alpha value is -0.860. The minimum Gasteiger partial charge on any atom is -0.344 e. The number of ether oxygens (including phenoxy) is 2. The fourth-order valence-electron chi connectivity index (χ4n) is 2.09. The highest BCUT2D eigenvalue weighted by Gasteiger charge is 2.21. The molecule has 108 valence electrons. The summed E-state index contributed by atoms with van der Waals surface area (Å²) in [6.07, 6.45) is 1.65. The second-order valence-electron chi connectivity index (χ2n) is 4.77. The van der Waals surface area contributed by atoms with E-state index in [-0.39, 0.29) is 6.29 Å². The Morgan fingerprint density at radius 1 is 1.35 bits per heavy atom. The Morgan fingerprint density at radius 3 is 2.85 bits per heavy atom. The minimum absolute atomic E-state index is 0.264. The molecule has 2 aromatic rings. The van der Waals surface area contributed by atoms with Crippen molar-refractivity contribution in [3.63, 3.8) is 0 Å². The Balaban J connectivity index is 1.57. The number of aromatic nitrogens is 2. The lowest BCUT2D eigenvalue weighted by molar-refractivity contribution is -0.0442. The molecule has 0 amide bonds. The highest BCUT2D eigenvalue weighted by atomic mass is 32.1. The van der Waals surface area contributed by atoms with Crippen molar-refractivity contribution in [3.05, 3.63) is 32.2 Å². The maximum Gasteiger partial charge on any atom is 0.211 e. The first-order valence-electron chi connectivity index (χ1n) is 6.48. The van der Waals surface area contributed by atoms with Gasteiger partial charge in [0.15, 0.2) is 0 Å². The Kier molecular flexibility index (Phi) is 4.42. The second kappa shape index (κ2) is 6.28. The number of aryl methyl sites for hydroxylation is 1. The maximum atomic E-state index is 5.46. The van der Waals surface area contributed by atoms with Crippen LogP contribution in [0, 0.1) is 6.92 Å². The second-order valence-corrected chi connectivity index (χ2v) is 6.98. The van der Waals surface area contributed by atoms with Crippen molar-refractivity contribution in [3.8, 4) is 0 Å². The van der Waals surface area contributed by atoms with Crippen LogP contribution in [-0.2, 0) is 22.6 Å². The molecule has 0 atom stereocenters. The predicted molar refractivity (Wildman–Crippen MR) is 78.8 cm³/mol. The van der Waals surface area contributed by atoms with Crippen LogP contribution in [0.25, 0.3) is 0 Å². The molecule has 1 fully saturated rings. The van der Waals surface area contributed by atoms with Crippen LogP contribution in [0.15, 0.2) is 11.6 Å². The van der Waals surface area contributed by atoms with Crippen LogP contribution in [0.5, 0.6) is 0 Å². The van der Waals surface area contributed by atoms with E-state index in [4.69, 9.17) is 9.47 Å². The van der Waals surface area contributed by atoms with Crippen molar-refractivity contribution in [1.29, 1.82) is 0 Å². The summed E-state index contributed by atoms with van der Waals surface area (Å²) >= 11 is 3.35. The quantitative estimate of drug-likeness (QED) is 0.849. The van der Waals surface area contributed by atoms with Crippen LogP contribution in [0.3, 0.4) is 0 Å². The van der Waals surface area contributed by atoms with Crippen LogP contribution in [0.2, 0.25) is 0 Å². The SMILES string of the molecule is Cc1nc(CN(C)Cc2cnc(C3OCCO3)s2)cs1. The summed E-state index contributed by atoms with van der Waals surface area (Å²) in [5.41, 5.74) is 1.13. The van der Waals surface area contributed by atoms with Crippen LogP contribution in [0.4, 0.5) is 0 Å². The van der Waals surface area contributed by atoms with Crippen LogP contribution in [-0.4, -0.2) is 35.1 Å². The molecular weight excluding hydrogens is 294 g/mol. The molecular formula is C13H17N3O2S2. The normalized spacial score (nSPS) is 16.4. The number of hydrogen-bond donors (Lipinski definition) is 0. The molecule has 1 saturated heterocycles. The highest BCUT2D eigenvalue weighted by molar-refractivity contribution is 7.11. The van der Waals surface area contributed by atoms with Crippen molar-refractivity contribution in [1.82, 2.24) is 14.9 Å². The maximum absolute atomic E-state index is 5.46. The van der Waals surface area contributed by atoms with E-state index in [1.807, 2.05) is 13.1 Å². The average molecular weight is 311 g/mol. The number of nitrogens with zero attached hydrogens (tertiary/aromatic N) is 3. The van der Waals surface area contributed by atoms with Crippen molar-refractivity contribution in [2.75, 3.05) is 20.3 Å². The molecule has 3 rings (SSSR count). The molecule has 7 heteroatoms. The van der Waals surface area contributed by atoms with Gasteiger partial charge < -0.3 is 9.47 Å². The van der Waals surface area contributed by atoms with E-state index in [0.29, 0.717) is 13.2 Å². The molecule has 0 bridgehead atoms. The third-order valence-corrected chi connectivity index (χ3v) is 4.75. The zero-order valence-corrected chi connectivity index (χ0v) is 13.2. The standard InChI is InChI=1S/C13H17N3O2S2/c1-9-15-10(8-19-9)6-16(2)7-11-5-14-12(20-11)13-17-3-4-18-13/h5,8,13H,3-4,6-7H2,1-2H3. The predicted octanol–water partition coefficient (Wildman–Crippen LogP) is 2.59. The molecule has 5 nitrogen and oxygen atoms in total. The smallest absolute Gasteiger partial charge is 0.211 e. The molecule has 0 radical (unpaired) electrons. The summed E-state index contributed by atoms with van der Waals surface area (Å²) in [6.45, 7) is 5.06. The van der Waals surface area contributed by atoms with Gasteiger partial charge in [-0.25, -0.2) is 9.97 Å². The molecule has 1 aliphatic heterocycles. The number of rotatable bonds is 5. The summed E-state index contributed by atoms with van der Waals surface area (Å²) in [5.74, 6) is 0. The largest absolute Gasteiger partial charge is 0.344 e. The molecule has 0 unspecified atom stereocenters. The zero-order valence-electron chi connectivity index (χ0n) is 11.5. The van der Waals surface area contributed by atoms with Gasteiger partial charge in [-0.2, -0.15) is 0 Å². The molecule has 1 aliphatic rings. The fourth-order valence-corrected chi connectivity index (χ4v) is 3.69. The van der Waals surface area contributed by atoms with E-state index < -0.39 is 0 Å². The van der Waals surface area contributed by atoms with E-state index in [2.05, 4.69) is 27.3 Å². The summed E-state index contributed by atoms with van der Waals surface area (Å²) in [5, 5.41) is 4.14. The van der Waals surface area contributed by atoms with Crippen LogP contribution in [0.1, 0.15) is 26.9 Å². The zero-order chi connectivity index (χ0) is 13.9. The van der Waals surface area contributed by atoms with E-state index >= 15 is 0 Å². The first-order chi connectivity index (χ1) is 9.70. The van der Waals surface area contributed by atoms with Gasteiger partial charge in [0.2, 0.25) is 6.29 Å². The van der Waals surface area contributed by atoms with Crippen molar-refractivity contribution >= 4 is 22.7 Å². The summed E-state index contributed by atoms with van der Waals surface area (Å²) in [4.78, 5) is 12.3. The Labute approximate surface area is 126 Å². The third kappa shape index (κ3) is 3.42. The molecule has 20 heavy (non-hydrogen) atoms. The van der Waals surface area contributed by atoms with Gasteiger partial charge in [-0.15, -0.1) is 22.7 Å².